The number of imidazole rings is 1. The lowest BCUT2D eigenvalue weighted by molar-refractivity contribution is -0.202. The molecule has 3 aliphatic rings. The molecule has 4 atom stereocenters. The number of carboxylic acids is 1. The van der Waals surface area contributed by atoms with Gasteiger partial charge in [0.15, 0.2) is 35.1 Å². The largest absolute Gasteiger partial charge is 0.479 e. The summed E-state index contributed by atoms with van der Waals surface area (Å²) in [5.41, 5.74) is 1.20. The highest BCUT2D eigenvalue weighted by atomic mass is 16.8. The van der Waals surface area contributed by atoms with E-state index in [1.807, 2.05) is 0 Å². The van der Waals surface area contributed by atoms with Crippen LogP contribution in [0.15, 0.2) is 12.7 Å². The molecule has 28 heavy (non-hydrogen) atoms. The number of nitrogens with zero attached hydrogens (tertiary/aromatic N) is 4. The summed E-state index contributed by atoms with van der Waals surface area (Å²) >= 11 is 0. The van der Waals surface area contributed by atoms with Crippen LogP contribution >= 0.6 is 0 Å². The summed E-state index contributed by atoms with van der Waals surface area (Å²) < 4.78 is 19.3. The number of fused-ring (bicyclic) bond motifs is 2. The van der Waals surface area contributed by atoms with Gasteiger partial charge in [-0.25, -0.2) is 19.7 Å². The third-order valence-corrected chi connectivity index (χ3v) is 5.60. The summed E-state index contributed by atoms with van der Waals surface area (Å²) in [5.74, 6) is -1.28. The number of carboxylic acid groups (broad SMARTS) is 1. The maximum Gasteiger partial charge on any atom is 0.335 e. The summed E-state index contributed by atoms with van der Waals surface area (Å²) in [6, 6.07) is 0.388. The highest BCUT2D eigenvalue weighted by Gasteiger charge is 2.58. The monoisotopic (exact) mass is 389 g/mol. The minimum Gasteiger partial charge on any atom is -0.479 e. The normalized spacial score (nSPS) is 32.1. The number of anilines is 1. The molecule has 0 bridgehead atoms. The van der Waals surface area contributed by atoms with E-state index >= 15 is 0 Å². The van der Waals surface area contributed by atoms with Crippen molar-refractivity contribution in [2.45, 2.75) is 75.9 Å². The molecule has 150 valence electrons. The molecule has 2 aromatic rings. The molecule has 0 amide bonds. The second-order valence-corrected chi connectivity index (χ2v) is 8.02. The molecule has 4 heterocycles. The van der Waals surface area contributed by atoms with Gasteiger partial charge in [0.1, 0.15) is 18.5 Å². The Morgan fingerprint density at radius 2 is 1.96 bits per heavy atom. The van der Waals surface area contributed by atoms with E-state index in [4.69, 9.17) is 14.2 Å². The van der Waals surface area contributed by atoms with Crippen LogP contribution in [0, 0.1) is 0 Å². The molecule has 0 unspecified atom stereocenters. The van der Waals surface area contributed by atoms with E-state index in [9.17, 15) is 9.90 Å². The minimum atomic E-state index is -1.12. The highest BCUT2D eigenvalue weighted by Crippen LogP contribution is 2.44. The summed E-state index contributed by atoms with van der Waals surface area (Å²) in [4.78, 5) is 24.9. The molecule has 2 aliphatic heterocycles. The average Bonchev–Trinajstić information content (AvgIpc) is 3.38. The Kier molecular flexibility index (Phi) is 4.04. The first-order valence-corrected chi connectivity index (χ1v) is 9.61. The second kappa shape index (κ2) is 6.36. The molecule has 2 saturated heterocycles. The molecule has 0 radical (unpaired) electrons. The molecule has 1 saturated carbocycles. The summed E-state index contributed by atoms with van der Waals surface area (Å²) in [6.07, 6.45) is 4.63. The zero-order valence-electron chi connectivity index (χ0n) is 15.7. The van der Waals surface area contributed by atoms with Gasteiger partial charge in [0.2, 0.25) is 0 Å². The molecule has 0 spiro atoms. The molecule has 2 N–H and O–H groups in total. The van der Waals surface area contributed by atoms with Crippen molar-refractivity contribution in [1.29, 1.82) is 0 Å². The first-order valence-electron chi connectivity index (χ1n) is 9.61. The highest BCUT2D eigenvalue weighted by molar-refractivity contribution is 5.83. The topological polar surface area (TPSA) is 121 Å². The number of hydrogen-bond acceptors (Lipinski definition) is 8. The number of carbonyl (C=O) groups is 1. The number of hydrogen-bond donors (Lipinski definition) is 2. The predicted molar refractivity (Wildman–Crippen MR) is 96.6 cm³/mol. The minimum absolute atomic E-state index is 0.388. The van der Waals surface area contributed by atoms with E-state index in [2.05, 4.69) is 20.3 Å². The SMILES string of the molecule is CC1(C)O[C@@H]2[C@H](O1)[C@@H](C(=O)O)O[C@H]2n1cnc2c(NC3CCCC3)ncnc21. The molecule has 0 aromatic carbocycles. The average molecular weight is 389 g/mol. The van der Waals surface area contributed by atoms with Gasteiger partial charge in [-0.05, 0) is 26.7 Å². The Balaban J connectivity index is 1.50. The van der Waals surface area contributed by atoms with Crippen molar-refractivity contribution in [3.05, 3.63) is 12.7 Å². The molecule has 10 nitrogen and oxygen atoms in total. The maximum atomic E-state index is 11.7. The lowest BCUT2D eigenvalue weighted by Gasteiger charge is -2.23. The Bertz CT molecular complexity index is 909. The van der Waals surface area contributed by atoms with Crippen LogP contribution in [0.2, 0.25) is 0 Å². The van der Waals surface area contributed by atoms with Crippen LogP contribution in [0.25, 0.3) is 11.2 Å². The van der Waals surface area contributed by atoms with Crippen LogP contribution in [0.4, 0.5) is 5.82 Å². The lowest BCUT2D eigenvalue weighted by atomic mass is 10.1. The Morgan fingerprint density at radius 3 is 2.71 bits per heavy atom. The molecule has 1 aliphatic carbocycles. The predicted octanol–water partition coefficient (Wildman–Crippen LogP) is 1.68. The van der Waals surface area contributed by atoms with Gasteiger partial charge >= 0.3 is 5.97 Å². The van der Waals surface area contributed by atoms with Crippen LogP contribution < -0.4 is 5.32 Å². The first-order chi connectivity index (χ1) is 13.4. The molecular weight excluding hydrogens is 366 g/mol. The molecule has 10 heteroatoms. The van der Waals surface area contributed by atoms with Gasteiger partial charge in [0, 0.05) is 6.04 Å². The van der Waals surface area contributed by atoms with E-state index in [0.717, 1.165) is 12.8 Å². The standard InChI is InChI=1S/C18H23N5O5/c1-18(2)27-11-12(28-18)16(26-13(11)17(24)25)23-8-21-10-14(19-7-20-15(10)23)22-9-5-3-4-6-9/h7-9,11-13,16H,3-6H2,1-2H3,(H,24,25)(H,19,20,22)/t11-,12+,13-,16+/m0/s1. The van der Waals surface area contributed by atoms with Crippen molar-refractivity contribution >= 4 is 23.0 Å². The van der Waals surface area contributed by atoms with Crippen LogP contribution in [0.1, 0.15) is 45.8 Å². The van der Waals surface area contributed by atoms with E-state index in [-0.39, 0.29) is 0 Å². The number of rotatable bonds is 4. The quantitative estimate of drug-likeness (QED) is 0.804. The van der Waals surface area contributed by atoms with E-state index in [0.29, 0.717) is 23.0 Å². The van der Waals surface area contributed by atoms with Crippen molar-refractivity contribution in [2.75, 3.05) is 5.32 Å². The van der Waals surface area contributed by atoms with E-state index < -0.39 is 36.3 Å². The number of aliphatic carboxylic acids is 1. The zero-order chi connectivity index (χ0) is 19.5. The maximum absolute atomic E-state index is 11.7. The van der Waals surface area contributed by atoms with Gasteiger partial charge in [-0.3, -0.25) is 4.57 Å². The number of ether oxygens (including phenoxy) is 3. The van der Waals surface area contributed by atoms with Gasteiger partial charge < -0.3 is 24.6 Å². The molecule has 2 aromatic heterocycles. The first kappa shape index (κ1) is 17.8. The molecular formula is C18H23N5O5. The third-order valence-electron chi connectivity index (χ3n) is 5.60. The van der Waals surface area contributed by atoms with Gasteiger partial charge in [-0.1, -0.05) is 12.8 Å². The van der Waals surface area contributed by atoms with E-state index in [1.54, 1.807) is 24.7 Å². The van der Waals surface area contributed by atoms with Gasteiger partial charge in [0.25, 0.3) is 0 Å². The Hall–Kier alpha value is -2.30. The molecule has 5 rings (SSSR count). The second-order valence-electron chi connectivity index (χ2n) is 8.02. The van der Waals surface area contributed by atoms with Crippen LogP contribution in [-0.4, -0.2) is 60.7 Å². The van der Waals surface area contributed by atoms with E-state index in [1.165, 1.54) is 19.2 Å². The smallest absolute Gasteiger partial charge is 0.335 e. The zero-order valence-corrected chi connectivity index (χ0v) is 15.7. The fourth-order valence-electron chi connectivity index (χ4n) is 4.41. The summed E-state index contributed by atoms with van der Waals surface area (Å²) in [7, 11) is 0. The van der Waals surface area contributed by atoms with Crippen molar-refractivity contribution in [2.24, 2.45) is 0 Å². The van der Waals surface area contributed by atoms with Crippen molar-refractivity contribution < 1.29 is 24.1 Å². The fraction of sp³-hybridized carbons (Fsp3) is 0.667. The van der Waals surface area contributed by atoms with Crippen LogP contribution in [0.5, 0.6) is 0 Å². The number of aromatic nitrogens is 4. The van der Waals surface area contributed by atoms with Gasteiger partial charge in [-0.2, -0.15) is 0 Å². The van der Waals surface area contributed by atoms with Crippen molar-refractivity contribution in [3.63, 3.8) is 0 Å². The van der Waals surface area contributed by atoms with Crippen LogP contribution in [-0.2, 0) is 19.0 Å². The summed E-state index contributed by atoms with van der Waals surface area (Å²) in [5, 5.41) is 13.0. The molecule has 3 fully saturated rings. The van der Waals surface area contributed by atoms with Crippen molar-refractivity contribution in [3.8, 4) is 0 Å². The van der Waals surface area contributed by atoms with Gasteiger partial charge in [-0.15, -0.1) is 0 Å². The third kappa shape index (κ3) is 2.83. The Morgan fingerprint density at radius 1 is 1.21 bits per heavy atom. The summed E-state index contributed by atoms with van der Waals surface area (Å²) in [6.45, 7) is 3.53. The van der Waals surface area contributed by atoms with Crippen LogP contribution in [0.3, 0.4) is 0 Å². The van der Waals surface area contributed by atoms with Gasteiger partial charge in [0.05, 0.1) is 6.33 Å². The lowest BCUT2D eigenvalue weighted by Crippen LogP contribution is -2.35. The fourth-order valence-corrected chi connectivity index (χ4v) is 4.41. The number of nitrogens with one attached hydrogen (secondary N) is 1. The van der Waals surface area contributed by atoms with Crippen molar-refractivity contribution in [1.82, 2.24) is 19.5 Å². The Labute approximate surface area is 161 Å².